The molecule has 0 spiro atoms. The molecule has 1 aliphatic heterocycles. The molecule has 0 unspecified atom stereocenters. The molecule has 39 heavy (non-hydrogen) atoms. The standard InChI is InChI=1S/C31H34O7S/c1-2-39(34,35)14-4-13-36-25-9-11-27-23(16-25)6-3-5-22-8-7-21(15-29(22)27)19-37-26-10-12-28-24(17-31(32)33)20-38-30(28)18-26/h7-12,15-16,18,24H,2-6,13-14,17,19-20H2,1H3,(H,32,33)/t24-/m1/s1. The molecule has 0 fully saturated rings. The van der Waals surface area contributed by atoms with Gasteiger partial charge >= 0.3 is 5.97 Å². The number of ether oxygens (including phenoxy) is 3. The number of rotatable bonds is 11. The number of carboxylic acids is 1. The Morgan fingerprint density at radius 2 is 1.77 bits per heavy atom. The number of sulfone groups is 1. The van der Waals surface area contributed by atoms with Crippen LogP contribution in [0.25, 0.3) is 11.1 Å². The smallest absolute Gasteiger partial charge is 0.304 e. The molecule has 1 N–H and O–H groups in total. The summed E-state index contributed by atoms with van der Waals surface area (Å²) >= 11 is 0. The Labute approximate surface area is 229 Å². The summed E-state index contributed by atoms with van der Waals surface area (Å²) in [6, 6.07) is 18.3. The molecule has 3 aromatic rings. The van der Waals surface area contributed by atoms with Gasteiger partial charge in [-0.1, -0.05) is 31.2 Å². The first-order chi connectivity index (χ1) is 18.8. The number of hydrogen-bond donors (Lipinski definition) is 1. The fourth-order valence-electron chi connectivity index (χ4n) is 5.29. The van der Waals surface area contributed by atoms with Gasteiger partial charge in [-0.05, 0) is 77.8 Å². The highest BCUT2D eigenvalue weighted by Gasteiger charge is 2.26. The number of fused-ring (bicyclic) bond motifs is 4. The second-order valence-electron chi connectivity index (χ2n) is 10.2. The summed E-state index contributed by atoms with van der Waals surface area (Å²) in [6.07, 6.45) is 3.54. The number of aryl methyl sites for hydroxylation is 2. The minimum absolute atomic E-state index is 0.0563. The third-order valence-electron chi connectivity index (χ3n) is 7.43. The van der Waals surface area contributed by atoms with Gasteiger partial charge in [0.1, 0.15) is 33.7 Å². The van der Waals surface area contributed by atoms with Crippen molar-refractivity contribution >= 4 is 15.8 Å². The molecule has 8 heteroatoms. The van der Waals surface area contributed by atoms with Gasteiger partial charge in [-0.25, -0.2) is 8.42 Å². The quantitative estimate of drug-likeness (QED) is 0.311. The summed E-state index contributed by atoms with van der Waals surface area (Å²) in [7, 11) is -2.98. The van der Waals surface area contributed by atoms with Gasteiger partial charge in [-0.2, -0.15) is 0 Å². The molecule has 0 bridgehead atoms. The van der Waals surface area contributed by atoms with Gasteiger partial charge in [0.2, 0.25) is 0 Å². The first-order valence-electron chi connectivity index (χ1n) is 13.5. The monoisotopic (exact) mass is 550 g/mol. The highest BCUT2D eigenvalue weighted by Crippen LogP contribution is 2.39. The average molecular weight is 551 g/mol. The third kappa shape index (κ3) is 6.56. The van der Waals surface area contributed by atoms with Crippen LogP contribution in [0, 0.1) is 0 Å². The fraction of sp³-hybridized carbons (Fsp3) is 0.387. The number of benzene rings is 3. The molecule has 0 amide bonds. The Morgan fingerprint density at radius 3 is 2.59 bits per heavy atom. The van der Waals surface area contributed by atoms with Crippen LogP contribution in [-0.2, 0) is 34.1 Å². The van der Waals surface area contributed by atoms with E-state index in [1.54, 1.807) is 6.92 Å². The lowest BCUT2D eigenvalue weighted by Crippen LogP contribution is -2.11. The first kappa shape index (κ1) is 27.1. The molecule has 0 saturated heterocycles. The maximum absolute atomic E-state index is 11.7. The van der Waals surface area contributed by atoms with Gasteiger partial charge in [-0.3, -0.25) is 4.79 Å². The summed E-state index contributed by atoms with van der Waals surface area (Å²) in [5, 5.41) is 9.11. The van der Waals surface area contributed by atoms with Gasteiger partial charge in [0.15, 0.2) is 0 Å². The minimum Gasteiger partial charge on any atom is -0.494 e. The van der Waals surface area contributed by atoms with Crippen LogP contribution in [0.4, 0.5) is 0 Å². The molecule has 0 radical (unpaired) electrons. The van der Waals surface area contributed by atoms with E-state index >= 15 is 0 Å². The second kappa shape index (κ2) is 11.7. The fourth-order valence-corrected chi connectivity index (χ4v) is 6.13. The Balaban J connectivity index is 1.26. The SMILES string of the molecule is CCS(=O)(=O)CCCOc1ccc2c(c1)CCCc1ccc(COc3ccc4c(c3)OC[C@H]4CC(=O)O)cc1-2. The van der Waals surface area contributed by atoms with Crippen molar-refractivity contribution in [3.8, 4) is 28.4 Å². The van der Waals surface area contributed by atoms with E-state index in [4.69, 9.17) is 19.3 Å². The van der Waals surface area contributed by atoms with E-state index in [-0.39, 0.29) is 23.8 Å². The molecular formula is C31H34O7S. The maximum Gasteiger partial charge on any atom is 0.304 e. The van der Waals surface area contributed by atoms with Crippen molar-refractivity contribution < 1.29 is 32.5 Å². The van der Waals surface area contributed by atoms with Crippen LogP contribution in [0.15, 0.2) is 54.6 Å². The molecule has 1 atom stereocenters. The number of carbonyl (C=O) groups is 1. The van der Waals surface area contributed by atoms with Crippen LogP contribution in [0.1, 0.15) is 54.4 Å². The van der Waals surface area contributed by atoms with Crippen molar-refractivity contribution in [3.05, 3.63) is 76.9 Å². The molecule has 3 aromatic carbocycles. The third-order valence-corrected chi connectivity index (χ3v) is 9.22. The van der Waals surface area contributed by atoms with Crippen LogP contribution >= 0.6 is 0 Å². The Morgan fingerprint density at radius 1 is 0.974 bits per heavy atom. The van der Waals surface area contributed by atoms with Crippen LogP contribution in [0.3, 0.4) is 0 Å². The predicted molar refractivity (Wildman–Crippen MR) is 150 cm³/mol. The summed E-state index contributed by atoms with van der Waals surface area (Å²) in [6.45, 7) is 2.83. The highest BCUT2D eigenvalue weighted by atomic mass is 32.2. The van der Waals surface area contributed by atoms with Crippen LogP contribution < -0.4 is 14.2 Å². The lowest BCUT2D eigenvalue weighted by atomic mass is 9.95. The Kier molecular flexibility index (Phi) is 8.12. The van der Waals surface area contributed by atoms with E-state index in [1.807, 2.05) is 24.3 Å². The molecule has 206 valence electrons. The largest absolute Gasteiger partial charge is 0.494 e. The highest BCUT2D eigenvalue weighted by molar-refractivity contribution is 7.91. The van der Waals surface area contributed by atoms with Crippen molar-refractivity contribution in [2.45, 2.75) is 51.6 Å². The number of carboxylic acid groups (broad SMARTS) is 1. The molecular weight excluding hydrogens is 516 g/mol. The minimum atomic E-state index is -2.98. The zero-order chi connectivity index (χ0) is 27.4. The zero-order valence-corrected chi connectivity index (χ0v) is 23.0. The lowest BCUT2D eigenvalue weighted by molar-refractivity contribution is -0.137. The normalized spacial score (nSPS) is 15.9. The predicted octanol–water partition coefficient (Wildman–Crippen LogP) is 5.58. The summed E-state index contributed by atoms with van der Waals surface area (Å²) in [5.74, 6) is 1.51. The van der Waals surface area contributed by atoms with E-state index in [2.05, 4.69) is 30.3 Å². The molecule has 0 aromatic heterocycles. The molecule has 7 nitrogen and oxygen atoms in total. The average Bonchev–Trinajstić information content (AvgIpc) is 3.22. The Hall–Kier alpha value is -3.52. The van der Waals surface area contributed by atoms with Gasteiger partial charge in [0.05, 0.1) is 25.4 Å². The summed E-state index contributed by atoms with van der Waals surface area (Å²) in [5.41, 5.74) is 6.92. The van der Waals surface area contributed by atoms with Gasteiger partial charge in [0, 0.05) is 23.3 Å². The number of hydrogen-bond acceptors (Lipinski definition) is 6. The van der Waals surface area contributed by atoms with Gasteiger partial charge in [-0.15, -0.1) is 0 Å². The zero-order valence-electron chi connectivity index (χ0n) is 22.1. The lowest BCUT2D eigenvalue weighted by Gasteiger charge is -2.14. The van der Waals surface area contributed by atoms with Crippen molar-refractivity contribution in [2.75, 3.05) is 24.7 Å². The van der Waals surface area contributed by atoms with Gasteiger partial charge in [0.25, 0.3) is 0 Å². The number of aliphatic carboxylic acids is 1. The molecule has 5 rings (SSSR count). The van der Waals surface area contributed by atoms with E-state index in [1.165, 1.54) is 22.3 Å². The van der Waals surface area contributed by atoms with Crippen LogP contribution in [-0.4, -0.2) is 44.2 Å². The second-order valence-corrected chi connectivity index (χ2v) is 12.7. The van der Waals surface area contributed by atoms with E-state index < -0.39 is 15.8 Å². The van der Waals surface area contributed by atoms with E-state index in [0.29, 0.717) is 37.7 Å². The molecule has 1 aliphatic carbocycles. The van der Waals surface area contributed by atoms with E-state index in [0.717, 1.165) is 36.1 Å². The maximum atomic E-state index is 11.7. The summed E-state index contributed by atoms with van der Waals surface area (Å²) < 4.78 is 41.1. The van der Waals surface area contributed by atoms with Crippen molar-refractivity contribution in [1.29, 1.82) is 0 Å². The van der Waals surface area contributed by atoms with Gasteiger partial charge < -0.3 is 19.3 Å². The molecule has 2 aliphatic rings. The van der Waals surface area contributed by atoms with Crippen molar-refractivity contribution in [2.24, 2.45) is 0 Å². The first-order valence-corrected chi connectivity index (χ1v) is 15.3. The summed E-state index contributed by atoms with van der Waals surface area (Å²) in [4.78, 5) is 11.1. The van der Waals surface area contributed by atoms with Crippen molar-refractivity contribution in [1.82, 2.24) is 0 Å². The molecule has 1 heterocycles. The van der Waals surface area contributed by atoms with Crippen LogP contribution in [0.5, 0.6) is 17.2 Å². The van der Waals surface area contributed by atoms with Crippen LogP contribution in [0.2, 0.25) is 0 Å². The molecule has 0 saturated carbocycles. The van der Waals surface area contributed by atoms with E-state index in [9.17, 15) is 13.2 Å². The topological polar surface area (TPSA) is 99.1 Å². The Bertz CT molecular complexity index is 1460. The van der Waals surface area contributed by atoms with Crippen molar-refractivity contribution in [3.63, 3.8) is 0 Å².